The van der Waals surface area contributed by atoms with E-state index >= 15 is 0 Å². The number of nitrogens with one attached hydrogen (secondary N) is 2. The van der Waals surface area contributed by atoms with Gasteiger partial charge in [-0.05, 0) is 31.2 Å². The Balaban J connectivity index is 0.000000342. The Morgan fingerprint density at radius 3 is 1.76 bits per heavy atom. The minimum atomic E-state index is 0.983. The second-order valence-corrected chi connectivity index (χ2v) is 4.16. The van der Waals surface area contributed by atoms with Crippen LogP contribution in [-0.4, -0.2) is 13.1 Å². The topological polar surface area (TPSA) is 24.1 Å². The predicted molar refractivity (Wildman–Crippen MR) is 95.7 cm³/mol. The minimum Gasteiger partial charge on any atom is -0.385 e. The summed E-state index contributed by atoms with van der Waals surface area (Å²) in [5, 5.41) is 6.47. The van der Waals surface area contributed by atoms with E-state index in [0.29, 0.717) is 0 Å². The summed E-state index contributed by atoms with van der Waals surface area (Å²) in [6.45, 7) is 13.2. The number of rotatable bonds is 5. The van der Waals surface area contributed by atoms with Gasteiger partial charge in [0, 0.05) is 18.8 Å². The monoisotopic (exact) mass is 284 g/mol. The Morgan fingerprint density at radius 1 is 0.762 bits per heavy atom. The van der Waals surface area contributed by atoms with Crippen molar-refractivity contribution in [1.29, 1.82) is 0 Å². The van der Waals surface area contributed by atoms with Gasteiger partial charge >= 0.3 is 0 Å². The molecule has 2 nitrogen and oxygen atoms in total. The smallest absolute Gasteiger partial charge is 0.0340 e. The van der Waals surface area contributed by atoms with Crippen LogP contribution in [0.15, 0.2) is 73.8 Å². The molecule has 0 heterocycles. The van der Waals surface area contributed by atoms with E-state index in [1.54, 1.807) is 0 Å². The normalized spacial score (nSPS) is 8.67. The van der Waals surface area contributed by atoms with E-state index in [-0.39, 0.29) is 0 Å². The molecule has 0 spiro atoms. The van der Waals surface area contributed by atoms with E-state index in [1.807, 2.05) is 24.3 Å². The molecule has 0 fully saturated rings. The van der Waals surface area contributed by atoms with Crippen LogP contribution in [0.5, 0.6) is 0 Å². The highest BCUT2D eigenvalue weighted by atomic mass is 14.8. The molecule has 0 unspecified atom stereocenters. The standard InChI is InChI=1S/C9H13N.C8H11N.C2H4/c1-2-10-8-9-6-4-3-5-7-9;1-2-9-8-6-4-3-5-7-8;1-2/h3-7,10H,2,8H2,1H3;3-7,9H,2H2,1H3;1-2H2. The van der Waals surface area contributed by atoms with Gasteiger partial charge in [0.15, 0.2) is 0 Å². The largest absolute Gasteiger partial charge is 0.385 e. The molecule has 2 heteroatoms. The van der Waals surface area contributed by atoms with Gasteiger partial charge in [0.25, 0.3) is 0 Å². The van der Waals surface area contributed by atoms with Crippen LogP contribution in [0.1, 0.15) is 19.4 Å². The molecule has 0 amide bonds. The Morgan fingerprint density at radius 2 is 1.29 bits per heavy atom. The molecule has 114 valence electrons. The number of benzene rings is 2. The molecular formula is C19H28N2. The number of hydrogen-bond acceptors (Lipinski definition) is 2. The first-order valence-electron chi connectivity index (χ1n) is 7.40. The number of anilines is 1. The highest BCUT2D eigenvalue weighted by Crippen LogP contribution is 2.02. The van der Waals surface area contributed by atoms with Crippen molar-refractivity contribution in [2.75, 3.05) is 18.4 Å². The van der Waals surface area contributed by atoms with Crippen molar-refractivity contribution in [1.82, 2.24) is 5.32 Å². The minimum absolute atomic E-state index is 0.983. The predicted octanol–water partition coefficient (Wildman–Crippen LogP) is 4.72. The molecule has 0 aliphatic heterocycles. The summed E-state index contributed by atoms with van der Waals surface area (Å²) in [7, 11) is 0. The van der Waals surface area contributed by atoms with E-state index in [2.05, 4.69) is 74.0 Å². The third-order valence-electron chi connectivity index (χ3n) is 2.58. The molecule has 0 aliphatic rings. The maximum Gasteiger partial charge on any atom is 0.0340 e. The Labute approximate surface area is 129 Å². The van der Waals surface area contributed by atoms with Crippen LogP contribution in [0.25, 0.3) is 0 Å². The third kappa shape index (κ3) is 10.4. The molecule has 0 saturated carbocycles. The zero-order chi connectivity index (χ0) is 15.8. The van der Waals surface area contributed by atoms with Crippen molar-refractivity contribution in [3.63, 3.8) is 0 Å². The van der Waals surface area contributed by atoms with Crippen molar-refractivity contribution in [3.8, 4) is 0 Å². The van der Waals surface area contributed by atoms with Gasteiger partial charge in [-0.1, -0.05) is 55.5 Å². The van der Waals surface area contributed by atoms with Gasteiger partial charge in [-0.15, -0.1) is 13.2 Å². The second kappa shape index (κ2) is 14.4. The Kier molecular flexibility index (Phi) is 12.9. The van der Waals surface area contributed by atoms with Crippen LogP contribution in [0.2, 0.25) is 0 Å². The Hall–Kier alpha value is -2.06. The average molecular weight is 284 g/mol. The van der Waals surface area contributed by atoms with E-state index in [0.717, 1.165) is 19.6 Å². The van der Waals surface area contributed by atoms with E-state index < -0.39 is 0 Å². The van der Waals surface area contributed by atoms with Crippen LogP contribution in [0.3, 0.4) is 0 Å². The highest BCUT2D eigenvalue weighted by molar-refractivity contribution is 5.41. The molecule has 0 aliphatic carbocycles. The van der Waals surface area contributed by atoms with E-state index in [4.69, 9.17) is 0 Å². The molecule has 2 aromatic rings. The maximum atomic E-state index is 3.26. The van der Waals surface area contributed by atoms with Crippen LogP contribution in [0.4, 0.5) is 5.69 Å². The van der Waals surface area contributed by atoms with Crippen molar-refractivity contribution < 1.29 is 0 Å². The zero-order valence-corrected chi connectivity index (χ0v) is 13.3. The molecule has 0 bridgehead atoms. The lowest BCUT2D eigenvalue weighted by molar-refractivity contribution is 0.727. The average Bonchev–Trinajstić information content (AvgIpc) is 2.58. The molecule has 21 heavy (non-hydrogen) atoms. The van der Waals surface area contributed by atoms with Crippen LogP contribution >= 0.6 is 0 Å². The fourth-order valence-corrected chi connectivity index (χ4v) is 1.63. The van der Waals surface area contributed by atoms with E-state index in [9.17, 15) is 0 Å². The van der Waals surface area contributed by atoms with Crippen molar-refractivity contribution in [2.45, 2.75) is 20.4 Å². The number of para-hydroxylation sites is 1. The van der Waals surface area contributed by atoms with Crippen LogP contribution < -0.4 is 10.6 Å². The van der Waals surface area contributed by atoms with Gasteiger partial charge in [0.2, 0.25) is 0 Å². The molecule has 2 aromatic carbocycles. The molecule has 0 radical (unpaired) electrons. The summed E-state index contributed by atoms with van der Waals surface area (Å²) < 4.78 is 0. The first-order valence-corrected chi connectivity index (χ1v) is 7.40. The summed E-state index contributed by atoms with van der Waals surface area (Å²) in [4.78, 5) is 0. The van der Waals surface area contributed by atoms with Crippen molar-refractivity contribution in [2.24, 2.45) is 0 Å². The lowest BCUT2D eigenvalue weighted by Gasteiger charge is -1.99. The quantitative estimate of drug-likeness (QED) is 0.777. The Bertz CT molecular complexity index is 426. The first kappa shape index (κ1) is 18.9. The third-order valence-corrected chi connectivity index (χ3v) is 2.58. The van der Waals surface area contributed by atoms with Gasteiger partial charge in [-0.2, -0.15) is 0 Å². The van der Waals surface area contributed by atoms with Crippen molar-refractivity contribution in [3.05, 3.63) is 79.4 Å². The summed E-state index contributed by atoms with van der Waals surface area (Å²) >= 11 is 0. The molecule has 2 N–H and O–H groups in total. The molecular weight excluding hydrogens is 256 g/mol. The summed E-state index contributed by atoms with van der Waals surface area (Å²) in [5.74, 6) is 0. The van der Waals surface area contributed by atoms with Gasteiger partial charge in [0.1, 0.15) is 0 Å². The lowest BCUT2D eigenvalue weighted by atomic mass is 10.2. The molecule has 0 saturated heterocycles. The zero-order valence-electron chi connectivity index (χ0n) is 13.3. The maximum absolute atomic E-state index is 3.26. The second-order valence-electron chi connectivity index (χ2n) is 4.16. The summed E-state index contributed by atoms with van der Waals surface area (Å²) in [6.07, 6.45) is 0. The van der Waals surface area contributed by atoms with Gasteiger partial charge < -0.3 is 10.6 Å². The van der Waals surface area contributed by atoms with Crippen LogP contribution in [0, 0.1) is 0 Å². The molecule has 0 aromatic heterocycles. The SMILES string of the molecule is C=C.CCNCc1ccccc1.CCNc1ccccc1. The molecule has 0 atom stereocenters. The van der Waals surface area contributed by atoms with Gasteiger partial charge in [-0.25, -0.2) is 0 Å². The highest BCUT2D eigenvalue weighted by Gasteiger charge is 1.85. The van der Waals surface area contributed by atoms with Gasteiger partial charge in [0.05, 0.1) is 0 Å². The lowest BCUT2D eigenvalue weighted by Crippen LogP contribution is -2.11. The summed E-state index contributed by atoms with van der Waals surface area (Å²) in [5.41, 5.74) is 2.55. The molecule has 2 rings (SSSR count). The summed E-state index contributed by atoms with van der Waals surface area (Å²) in [6, 6.07) is 20.6. The van der Waals surface area contributed by atoms with Gasteiger partial charge in [-0.3, -0.25) is 0 Å². The number of hydrogen-bond donors (Lipinski definition) is 2. The van der Waals surface area contributed by atoms with Crippen LogP contribution in [-0.2, 0) is 6.54 Å². The fourth-order valence-electron chi connectivity index (χ4n) is 1.63. The van der Waals surface area contributed by atoms with Crippen molar-refractivity contribution >= 4 is 5.69 Å². The van der Waals surface area contributed by atoms with E-state index in [1.165, 1.54) is 11.3 Å². The first-order chi connectivity index (χ1) is 10.4. The fraction of sp³-hybridized carbons (Fsp3) is 0.263.